The van der Waals surface area contributed by atoms with E-state index in [4.69, 9.17) is 4.74 Å². The minimum Gasteiger partial charge on any atom is -0.381 e. The van der Waals surface area contributed by atoms with E-state index in [1.165, 1.54) is 18.4 Å². The number of nitrogens with zero attached hydrogens (tertiary/aromatic N) is 2. The Kier molecular flexibility index (Phi) is 7.66. The number of hydrogen-bond donors (Lipinski definition) is 1. The van der Waals surface area contributed by atoms with Gasteiger partial charge >= 0.3 is 0 Å². The fraction of sp³-hybridized carbons (Fsp3) is 0.700. The summed E-state index contributed by atoms with van der Waals surface area (Å²) >= 11 is 0. The van der Waals surface area contributed by atoms with Gasteiger partial charge in [0, 0.05) is 39.3 Å². The molecule has 6 nitrogen and oxygen atoms in total. The predicted octanol–water partition coefficient (Wildman–Crippen LogP) is 2.38. The molecule has 2 aliphatic heterocycles. The lowest BCUT2D eigenvalue weighted by atomic mass is 9.98. The van der Waals surface area contributed by atoms with Crippen molar-refractivity contribution in [1.29, 1.82) is 0 Å². The van der Waals surface area contributed by atoms with Gasteiger partial charge in [-0.1, -0.05) is 36.8 Å². The maximum atomic E-state index is 12.6. The molecule has 1 atom stereocenters. The Morgan fingerprint density at radius 1 is 1.07 bits per heavy atom. The fourth-order valence-electron chi connectivity index (χ4n) is 4.17. The predicted molar refractivity (Wildman–Crippen MR) is 108 cm³/mol. The second kappa shape index (κ2) is 9.98. The number of piperidine rings is 2. The molecule has 2 heterocycles. The van der Waals surface area contributed by atoms with Crippen LogP contribution in [-0.4, -0.2) is 63.1 Å². The molecule has 2 saturated heterocycles. The summed E-state index contributed by atoms with van der Waals surface area (Å²) in [6.45, 7) is 3.62. The molecule has 1 aromatic carbocycles. The number of hydrogen-bond acceptors (Lipinski definition) is 4. The summed E-state index contributed by atoms with van der Waals surface area (Å²) in [5.74, 6) is 0. The second-order valence-corrected chi connectivity index (χ2v) is 9.38. The van der Waals surface area contributed by atoms with E-state index in [2.05, 4.69) is 33.9 Å². The maximum Gasteiger partial charge on any atom is 0.279 e. The molecule has 1 N–H and O–H groups in total. The number of ether oxygens (including phenoxy) is 1. The molecule has 0 saturated carbocycles. The van der Waals surface area contributed by atoms with Crippen LogP contribution in [0.3, 0.4) is 0 Å². The van der Waals surface area contributed by atoms with Crippen molar-refractivity contribution in [3.05, 3.63) is 35.9 Å². The van der Waals surface area contributed by atoms with Crippen molar-refractivity contribution in [3.63, 3.8) is 0 Å². The molecule has 2 fully saturated rings. The molecule has 0 amide bonds. The average Bonchev–Trinajstić information content (AvgIpc) is 2.70. The number of benzene rings is 1. The van der Waals surface area contributed by atoms with Gasteiger partial charge in [0.15, 0.2) is 0 Å². The van der Waals surface area contributed by atoms with Crippen molar-refractivity contribution < 1.29 is 13.2 Å². The van der Waals surface area contributed by atoms with Crippen molar-refractivity contribution >= 4 is 10.2 Å². The van der Waals surface area contributed by atoms with Gasteiger partial charge < -0.3 is 4.74 Å². The Labute approximate surface area is 164 Å². The van der Waals surface area contributed by atoms with Crippen LogP contribution < -0.4 is 4.72 Å². The van der Waals surface area contributed by atoms with Gasteiger partial charge in [0.05, 0.1) is 6.10 Å². The van der Waals surface area contributed by atoms with Gasteiger partial charge in [0.25, 0.3) is 10.2 Å². The first-order valence-electron chi connectivity index (χ1n) is 10.1. The number of likely N-dealkylation sites (tertiary alicyclic amines) is 1. The van der Waals surface area contributed by atoms with Crippen molar-refractivity contribution in [2.45, 2.75) is 57.2 Å². The highest BCUT2D eigenvalue weighted by molar-refractivity contribution is 7.87. The number of methoxy groups -OCH3 is 1. The largest absolute Gasteiger partial charge is 0.381 e. The molecule has 2 aliphatic rings. The Morgan fingerprint density at radius 2 is 1.81 bits per heavy atom. The molecule has 1 unspecified atom stereocenters. The summed E-state index contributed by atoms with van der Waals surface area (Å²) in [4.78, 5) is 2.51. The Balaban J connectivity index is 1.47. The highest BCUT2D eigenvalue weighted by Crippen LogP contribution is 2.22. The van der Waals surface area contributed by atoms with E-state index in [1.807, 2.05) is 6.07 Å². The molecule has 7 heteroatoms. The van der Waals surface area contributed by atoms with E-state index in [1.54, 1.807) is 11.4 Å². The van der Waals surface area contributed by atoms with Crippen LogP contribution in [0.25, 0.3) is 0 Å². The second-order valence-electron chi connectivity index (χ2n) is 7.63. The van der Waals surface area contributed by atoms with Crippen LogP contribution in [-0.2, 0) is 21.5 Å². The number of nitrogens with one attached hydrogen (secondary N) is 1. The van der Waals surface area contributed by atoms with Crippen molar-refractivity contribution in [1.82, 2.24) is 13.9 Å². The van der Waals surface area contributed by atoms with Crippen LogP contribution in [0.5, 0.6) is 0 Å². The van der Waals surface area contributed by atoms with Crippen molar-refractivity contribution in [3.8, 4) is 0 Å². The van der Waals surface area contributed by atoms with E-state index < -0.39 is 10.2 Å². The third kappa shape index (κ3) is 5.99. The zero-order valence-electron chi connectivity index (χ0n) is 16.3. The van der Waals surface area contributed by atoms with E-state index in [0.717, 1.165) is 38.8 Å². The summed E-state index contributed by atoms with van der Waals surface area (Å²) in [5, 5.41) is 0. The monoisotopic (exact) mass is 395 g/mol. The standard InChI is InChI=1S/C20H33N3O3S/c1-26-20-11-15-23(16-12-20)27(24,25)21-13-10-19-9-5-6-14-22(19)17-18-7-3-2-4-8-18/h2-4,7-8,19-21H,5-6,9-17H2,1H3. The quantitative estimate of drug-likeness (QED) is 0.734. The maximum absolute atomic E-state index is 12.6. The van der Waals surface area contributed by atoms with Crippen LogP contribution in [0.4, 0.5) is 0 Å². The zero-order chi connectivity index (χ0) is 19.1. The summed E-state index contributed by atoms with van der Waals surface area (Å²) in [6.07, 6.45) is 6.19. The average molecular weight is 396 g/mol. The van der Waals surface area contributed by atoms with Gasteiger partial charge in [-0.25, -0.2) is 4.72 Å². The van der Waals surface area contributed by atoms with Crippen LogP contribution in [0.15, 0.2) is 30.3 Å². The lowest BCUT2D eigenvalue weighted by molar-refractivity contribution is 0.0601. The first-order valence-corrected chi connectivity index (χ1v) is 11.6. The molecule has 0 radical (unpaired) electrons. The van der Waals surface area contributed by atoms with Crippen LogP contribution >= 0.6 is 0 Å². The molecule has 0 bridgehead atoms. The zero-order valence-corrected chi connectivity index (χ0v) is 17.2. The molecular weight excluding hydrogens is 362 g/mol. The van der Waals surface area contributed by atoms with Gasteiger partial charge in [0.2, 0.25) is 0 Å². The lowest BCUT2D eigenvalue weighted by Gasteiger charge is -2.36. The summed E-state index contributed by atoms with van der Waals surface area (Å²) < 4.78 is 34.8. The molecule has 0 aliphatic carbocycles. The first kappa shape index (κ1) is 20.7. The van der Waals surface area contributed by atoms with E-state index >= 15 is 0 Å². The fourth-order valence-corrected chi connectivity index (χ4v) is 5.42. The van der Waals surface area contributed by atoms with Crippen LogP contribution in [0, 0.1) is 0 Å². The molecule has 0 spiro atoms. The van der Waals surface area contributed by atoms with Crippen molar-refractivity contribution in [2.24, 2.45) is 0 Å². The SMILES string of the molecule is COC1CCN(S(=O)(=O)NCCC2CCCCN2Cc2ccccc2)CC1. The van der Waals surface area contributed by atoms with E-state index in [9.17, 15) is 8.42 Å². The molecule has 27 heavy (non-hydrogen) atoms. The summed E-state index contributed by atoms with van der Waals surface area (Å²) in [7, 11) is -1.69. The highest BCUT2D eigenvalue weighted by atomic mass is 32.2. The molecule has 0 aromatic heterocycles. The van der Waals surface area contributed by atoms with Crippen LogP contribution in [0.2, 0.25) is 0 Å². The first-order chi connectivity index (χ1) is 13.1. The smallest absolute Gasteiger partial charge is 0.279 e. The van der Waals surface area contributed by atoms with E-state index in [0.29, 0.717) is 25.7 Å². The molecule has 1 aromatic rings. The third-order valence-electron chi connectivity index (χ3n) is 5.81. The molecular formula is C20H33N3O3S. The number of rotatable bonds is 8. The topological polar surface area (TPSA) is 61.9 Å². The molecule has 3 rings (SSSR count). The normalized spacial score (nSPS) is 23.5. The Hall–Kier alpha value is -0.990. The third-order valence-corrected chi connectivity index (χ3v) is 7.43. The minimum atomic E-state index is -3.38. The van der Waals surface area contributed by atoms with E-state index in [-0.39, 0.29) is 6.10 Å². The van der Waals surface area contributed by atoms with Crippen LogP contribution in [0.1, 0.15) is 44.1 Å². The van der Waals surface area contributed by atoms with Gasteiger partial charge in [-0.05, 0) is 44.2 Å². The highest BCUT2D eigenvalue weighted by Gasteiger charge is 2.28. The Bertz CT molecular complexity index is 660. The summed E-state index contributed by atoms with van der Waals surface area (Å²) in [5.41, 5.74) is 1.32. The van der Waals surface area contributed by atoms with Gasteiger partial charge in [-0.2, -0.15) is 12.7 Å². The lowest BCUT2D eigenvalue weighted by Crippen LogP contribution is -2.47. The minimum absolute atomic E-state index is 0.185. The molecule has 152 valence electrons. The van der Waals surface area contributed by atoms with Crippen molar-refractivity contribution in [2.75, 3.05) is 33.3 Å². The summed E-state index contributed by atoms with van der Waals surface area (Å²) in [6, 6.07) is 11.0. The van der Waals surface area contributed by atoms with Gasteiger partial charge in [-0.3, -0.25) is 4.90 Å². The van der Waals surface area contributed by atoms with Gasteiger partial charge in [-0.15, -0.1) is 0 Å². The van der Waals surface area contributed by atoms with Gasteiger partial charge in [0.1, 0.15) is 0 Å². The Morgan fingerprint density at radius 3 is 2.52 bits per heavy atom.